The number of thiophene rings is 1. The van der Waals surface area contributed by atoms with E-state index in [9.17, 15) is 24.3 Å². The Morgan fingerprint density at radius 2 is 1.61 bits per heavy atom. The average molecular weight is 1630 g/mol. The van der Waals surface area contributed by atoms with Crippen LogP contribution in [0.4, 0.5) is 23.1 Å². The van der Waals surface area contributed by atoms with Crippen LogP contribution in [0.15, 0.2) is 101 Å². The summed E-state index contributed by atoms with van der Waals surface area (Å²) in [6.45, 7) is 22.6. The first-order valence-electron chi connectivity index (χ1n) is 41.7. The summed E-state index contributed by atoms with van der Waals surface area (Å²) in [4.78, 5) is 65.3. The molecule has 8 N–H and O–H groups in total. The number of ketones is 1. The number of nitrogens with zero attached hydrogens (tertiary/aromatic N) is 6. The molecule has 5 aliphatic carbocycles. The lowest BCUT2D eigenvalue weighted by Crippen LogP contribution is -2.57. The zero-order valence-corrected chi connectivity index (χ0v) is 72.7. The minimum atomic E-state index is -0.360. The number of fused-ring (bicyclic) bond motifs is 9. The topological polar surface area (TPSA) is 282 Å². The van der Waals surface area contributed by atoms with Gasteiger partial charge in [-0.2, -0.15) is 4.98 Å². The van der Waals surface area contributed by atoms with Crippen molar-refractivity contribution < 1.29 is 52.7 Å². The van der Waals surface area contributed by atoms with E-state index in [0.29, 0.717) is 76.6 Å². The van der Waals surface area contributed by atoms with Crippen molar-refractivity contribution >= 4 is 80.8 Å². The maximum atomic E-state index is 12.1. The molecule has 624 valence electrons. The number of Topliss-reactive ketones (excluding diaryl/α,β-unsaturated/α-hetero) is 1. The highest BCUT2D eigenvalue weighted by atomic mass is 32.2. The first-order valence-corrected chi connectivity index (χ1v) is 44.3. The molecule has 6 aromatic rings. The number of rotatable bonds is 17. The van der Waals surface area contributed by atoms with Crippen LogP contribution in [0.1, 0.15) is 180 Å². The molecule has 17 atom stereocenters. The van der Waals surface area contributed by atoms with Crippen molar-refractivity contribution in [2.24, 2.45) is 77.1 Å². The Kier molecular flexibility index (Phi) is 30.1. The van der Waals surface area contributed by atoms with Crippen LogP contribution in [0, 0.1) is 70.0 Å². The van der Waals surface area contributed by atoms with Crippen LogP contribution in [-0.2, 0) is 54.1 Å². The first-order chi connectivity index (χ1) is 54.6. The number of hydrogen-bond donors (Lipinski definition) is 6. The summed E-state index contributed by atoms with van der Waals surface area (Å²) in [5, 5.41) is 22.3. The van der Waals surface area contributed by atoms with Crippen molar-refractivity contribution in [3.05, 3.63) is 113 Å². The van der Waals surface area contributed by atoms with Crippen molar-refractivity contribution in [2.45, 2.75) is 210 Å². The molecule has 2 unspecified atom stereocenters. The van der Waals surface area contributed by atoms with Crippen molar-refractivity contribution in [2.75, 3.05) is 97.4 Å². The number of esters is 1. The van der Waals surface area contributed by atoms with E-state index in [2.05, 4.69) is 144 Å². The van der Waals surface area contributed by atoms with Gasteiger partial charge in [0.2, 0.25) is 22.7 Å². The molecule has 9 fully saturated rings. The van der Waals surface area contributed by atoms with Gasteiger partial charge < -0.3 is 70.0 Å². The van der Waals surface area contributed by atoms with Gasteiger partial charge in [-0.1, -0.05) is 96.6 Å². The number of aliphatic hydroxyl groups excluding tert-OH is 1. The number of methoxy groups -OCH3 is 4. The van der Waals surface area contributed by atoms with E-state index in [4.69, 9.17) is 39.9 Å². The zero-order chi connectivity index (χ0) is 81.8. The fourth-order valence-electron chi connectivity index (χ4n) is 21.0. The first kappa shape index (κ1) is 87.9. The largest absolute Gasteiger partial charge is 0.497 e. The van der Waals surface area contributed by atoms with E-state index in [1.165, 1.54) is 96.1 Å². The maximum absolute atomic E-state index is 12.1. The molecular weight excluding hydrogens is 1500 g/mol. The molecule has 10 aliphatic rings. The quantitative estimate of drug-likeness (QED) is 0.0463. The normalized spacial score (nSPS) is 30.3. The third-order valence-corrected chi connectivity index (χ3v) is 29.9. The molecule has 3 aromatic carbocycles. The SMILES string of the molecule is CC(=O)NC1CCSC1=O.CCNC1(c2cccs2)CCCCC1=O.CC[C@@H]1C(=O)OC[C@@H]1Cc1cncn1C.COc1cc(Cc2cnc(N)nc2N)cc(OC)c1OC.COc1ccc2c(c1)N(C[C@H](C)CN(C)C)c1ccccc1S2.C[C@H]1CC[C@]2(NC1)O[C@H]1C[C@H]3[C@@H]4CC[C@H]5C[C@@H](O)CC[C@]5(C)[C@H]4CC[C@]3(C)[C@H]1[C@@H]2C. The summed E-state index contributed by atoms with van der Waals surface area (Å²) in [5.74, 6) is 10.7. The fourth-order valence-corrected chi connectivity index (χ4v) is 24.0. The number of aromatic nitrogens is 4. The molecule has 5 aliphatic heterocycles. The third kappa shape index (κ3) is 19.7. The summed E-state index contributed by atoms with van der Waals surface area (Å²) in [5.41, 5.74) is 17.3. The van der Waals surface area contributed by atoms with Gasteiger partial charge >= 0.3 is 5.97 Å². The molecule has 1 spiro atoms. The smallest absolute Gasteiger partial charge is 0.309 e. The molecule has 0 radical (unpaired) electrons. The molecule has 22 nitrogen and oxygen atoms in total. The Morgan fingerprint density at radius 3 is 2.24 bits per heavy atom. The number of piperidine rings is 1. The van der Waals surface area contributed by atoms with E-state index in [1.807, 2.05) is 60.8 Å². The maximum Gasteiger partial charge on any atom is 0.309 e. The minimum absolute atomic E-state index is 0.0319. The van der Waals surface area contributed by atoms with Crippen LogP contribution in [0.3, 0.4) is 0 Å². The summed E-state index contributed by atoms with van der Waals surface area (Å²) < 4.78 is 35.5. The zero-order valence-electron chi connectivity index (χ0n) is 70.2. The number of likely N-dealkylation sites (N-methyl/N-ethyl adjacent to an activating group) is 1. The van der Waals surface area contributed by atoms with E-state index >= 15 is 0 Å². The van der Waals surface area contributed by atoms with Gasteiger partial charge in [-0.15, -0.1) is 11.3 Å². The molecule has 5 saturated carbocycles. The number of aryl methyl sites for hydroxylation is 1. The second-order valence-corrected chi connectivity index (χ2v) is 37.5. The van der Waals surface area contributed by atoms with Crippen LogP contribution >= 0.6 is 34.9 Å². The second-order valence-electron chi connectivity index (χ2n) is 34.3. The number of cyclic esters (lactones) is 1. The van der Waals surface area contributed by atoms with Crippen molar-refractivity contribution in [3.8, 4) is 23.0 Å². The number of aliphatic hydroxyl groups is 1. The molecule has 8 heterocycles. The number of ether oxygens (including phenoxy) is 6. The van der Waals surface area contributed by atoms with Crippen LogP contribution in [0.2, 0.25) is 0 Å². The number of para-hydroxylation sites is 1. The van der Waals surface area contributed by atoms with E-state index < -0.39 is 0 Å². The Balaban J connectivity index is 0.000000139. The monoisotopic (exact) mass is 1620 g/mol. The predicted molar refractivity (Wildman–Crippen MR) is 456 cm³/mol. The second kappa shape index (κ2) is 39.1. The molecule has 0 bridgehead atoms. The summed E-state index contributed by atoms with van der Waals surface area (Å²) in [6.07, 6.45) is 25.4. The van der Waals surface area contributed by atoms with Crippen LogP contribution < -0.4 is 51.3 Å². The van der Waals surface area contributed by atoms with Crippen molar-refractivity contribution in [3.63, 3.8) is 0 Å². The Labute approximate surface area is 690 Å². The molecule has 1 amide bonds. The number of carbonyl (C=O) groups excluding carboxylic acids is 4. The van der Waals surface area contributed by atoms with E-state index in [0.717, 1.165) is 148 Å². The Morgan fingerprint density at radius 1 is 0.851 bits per heavy atom. The number of nitrogens with one attached hydrogen (secondary N) is 3. The third-order valence-electron chi connectivity index (χ3n) is 26.7. The molecule has 3 aromatic heterocycles. The Bertz CT molecular complexity index is 4170. The molecule has 114 heavy (non-hydrogen) atoms. The number of anilines is 4. The number of hydrogen-bond acceptors (Lipinski definition) is 23. The van der Waals surface area contributed by atoms with Gasteiger partial charge in [0.25, 0.3) is 0 Å². The van der Waals surface area contributed by atoms with Crippen molar-refractivity contribution in [1.29, 1.82) is 0 Å². The van der Waals surface area contributed by atoms with Crippen LogP contribution in [0.25, 0.3) is 0 Å². The van der Waals surface area contributed by atoms with Gasteiger partial charge in [0.05, 0.1) is 76.9 Å². The highest BCUT2D eigenvalue weighted by molar-refractivity contribution is 8.14. The number of amides is 1. The summed E-state index contributed by atoms with van der Waals surface area (Å²) in [6, 6.07) is 22.6. The minimum Gasteiger partial charge on any atom is -0.497 e. The van der Waals surface area contributed by atoms with Gasteiger partial charge in [-0.3, -0.25) is 24.5 Å². The van der Waals surface area contributed by atoms with Gasteiger partial charge in [-0.25, -0.2) is 9.97 Å². The number of carbonyl (C=O) groups is 4. The van der Waals surface area contributed by atoms with Gasteiger partial charge in [0, 0.05) is 108 Å². The van der Waals surface area contributed by atoms with E-state index in [-0.39, 0.29) is 52.3 Å². The lowest BCUT2D eigenvalue weighted by molar-refractivity contribution is -0.141. The average Bonchev–Trinajstić information content (AvgIpc) is 1.52. The van der Waals surface area contributed by atoms with Crippen LogP contribution in [-0.4, -0.2) is 157 Å². The predicted octanol–water partition coefficient (Wildman–Crippen LogP) is 15.1. The highest BCUT2D eigenvalue weighted by Crippen LogP contribution is 2.71. The Hall–Kier alpha value is -6.97. The van der Waals surface area contributed by atoms with Gasteiger partial charge in [0.1, 0.15) is 22.8 Å². The molecule has 4 saturated heterocycles. The van der Waals surface area contributed by atoms with Crippen molar-refractivity contribution in [1.82, 2.24) is 40.4 Å². The molecular formula is C89H129N11O11S3. The number of nitrogen functional groups attached to an aromatic ring is 2. The number of imidazole rings is 1. The highest BCUT2D eigenvalue weighted by Gasteiger charge is 2.69. The summed E-state index contributed by atoms with van der Waals surface area (Å²) >= 11 is 4.82. The number of nitrogens with two attached hydrogens (primary N) is 2. The summed E-state index contributed by atoms with van der Waals surface area (Å²) in [7, 11) is 12.7. The van der Waals surface area contributed by atoms with Gasteiger partial charge in [0.15, 0.2) is 17.3 Å². The molecule has 16 rings (SSSR count). The van der Waals surface area contributed by atoms with Crippen LogP contribution in [0.5, 0.6) is 23.0 Å². The standard InChI is InChI=1S/C27H45NO2.C19H24N2OS.C14H18N4O3.C12H17NOS.C11H16N2O2.C6H9NO2S/c1-16-7-12-27(28-15-16)17(2)24-23(30-27)14-22-20-6-5-18-13-19(29)8-10-25(18,3)21(20)9-11-26(22,24)4;1-14(12-20(2)3)13-21-16-7-5-6-8-18(16)23-19-10-9-15(22-4)11-17(19)21;1-19-10-5-8(6-11(20-2)12(10)21-3)4-9-7-17-14(16)18-13(9)15;1-2-13-12(11-7-5-9-15-11)8-4-3-6-10(12)14;1-3-10-8(6-15-11(10)14)4-9-5-12-7-13(9)2;1-4(8)7-5-2-3-10-6(5)9/h16-24,28-29H,5-15H2,1-4H3;5-11,14H,12-13H2,1-4H3;5-7H,4H2,1-3H3,(H4,15,16,17,18);5,7,9,13H,2-4,6,8H2,1H3;5,7-8,10H,3-4,6H2,1-2H3;5H,2-3H2,1H3,(H,7,8)/t16-,17-,18-,19-,20+,21-,22-,23-,24-,25-,26-,27-;14-;;;8-,10-;/m01..0./s1. The lowest BCUT2D eigenvalue weighted by atomic mass is 9.44. The van der Waals surface area contributed by atoms with Gasteiger partial charge in [-0.05, 0) is 223 Å². The lowest BCUT2D eigenvalue weighted by Gasteiger charge is -2.61. The number of thioether (sulfide) groups is 1. The molecule has 25 heteroatoms. The number of benzene rings is 3. The fraction of sp³-hybridized carbons (Fsp3) is 0.629. The van der Waals surface area contributed by atoms with E-state index in [1.54, 1.807) is 52.3 Å².